The van der Waals surface area contributed by atoms with E-state index in [1.807, 2.05) is 31.2 Å². The maximum Gasteiger partial charge on any atom is 0.312 e. The number of hydrogen-bond acceptors (Lipinski definition) is 3. The first kappa shape index (κ1) is 16.8. The summed E-state index contributed by atoms with van der Waals surface area (Å²) in [6, 6.07) is 8.00. The second kappa shape index (κ2) is 7.21. The normalized spacial score (nSPS) is 26.6. The molecule has 2 heterocycles. The predicted molar refractivity (Wildman–Crippen MR) is 92.4 cm³/mol. The molecule has 0 aromatic heterocycles. The van der Waals surface area contributed by atoms with Crippen molar-refractivity contribution in [2.45, 2.75) is 63.2 Å². The first-order valence-corrected chi connectivity index (χ1v) is 8.68. The van der Waals surface area contributed by atoms with Crippen LogP contribution in [0.4, 0.5) is 4.79 Å². The molecule has 3 rings (SSSR count). The number of nitrogens with one attached hydrogen (secondary N) is 3. The summed E-state index contributed by atoms with van der Waals surface area (Å²) in [5.41, 5.74) is 7.25. The Kier molecular flexibility index (Phi) is 5.04. The maximum atomic E-state index is 12.5. The molecule has 6 heteroatoms. The zero-order valence-corrected chi connectivity index (χ0v) is 14.0. The molecule has 2 bridgehead atoms. The summed E-state index contributed by atoms with van der Waals surface area (Å²) in [5, 5.41) is 9.41. The van der Waals surface area contributed by atoms with Gasteiger partial charge in [0.15, 0.2) is 0 Å². The van der Waals surface area contributed by atoms with Crippen LogP contribution in [0.25, 0.3) is 0 Å². The zero-order valence-electron chi connectivity index (χ0n) is 14.0. The van der Waals surface area contributed by atoms with Gasteiger partial charge in [0.1, 0.15) is 0 Å². The number of amides is 3. The average Bonchev–Trinajstić information content (AvgIpc) is 2.85. The van der Waals surface area contributed by atoms with Crippen molar-refractivity contribution in [2.24, 2.45) is 5.73 Å². The third-order valence-electron chi connectivity index (χ3n) is 5.11. The summed E-state index contributed by atoms with van der Waals surface area (Å²) < 4.78 is 0. The second-order valence-corrected chi connectivity index (χ2v) is 7.00. The quantitative estimate of drug-likeness (QED) is 0.658. The lowest BCUT2D eigenvalue weighted by Crippen LogP contribution is -2.48. The molecule has 5 N–H and O–H groups in total. The molecule has 2 saturated heterocycles. The summed E-state index contributed by atoms with van der Waals surface area (Å²) in [6.07, 6.45) is 4.58. The fourth-order valence-electron chi connectivity index (χ4n) is 4.04. The number of urea groups is 1. The Hall–Kier alpha value is -2.08. The maximum absolute atomic E-state index is 12.5. The number of rotatable bonds is 5. The molecule has 2 fully saturated rings. The van der Waals surface area contributed by atoms with Gasteiger partial charge in [-0.3, -0.25) is 4.79 Å². The minimum absolute atomic E-state index is 0.0386. The number of primary amides is 1. The Bertz CT molecular complexity index is 607. The van der Waals surface area contributed by atoms with Crippen molar-refractivity contribution in [2.75, 3.05) is 0 Å². The van der Waals surface area contributed by atoms with Crippen LogP contribution in [0.1, 0.15) is 49.3 Å². The van der Waals surface area contributed by atoms with Crippen LogP contribution < -0.4 is 21.7 Å². The van der Waals surface area contributed by atoms with Gasteiger partial charge in [0.05, 0.1) is 12.5 Å². The van der Waals surface area contributed by atoms with Crippen LogP contribution in [0.5, 0.6) is 0 Å². The molecule has 130 valence electrons. The first-order chi connectivity index (χ1) is 11.5. The zero-order chi connectivity index (χ0) is 17.1. The predicted octanol–water partition coefficient (Wildman–Crippen LogP) is 1.49. The van der Waals surface area contributed by atoms with E-state index in [0.29, 0.717) is 12.1 Å². The molecule has 24 heavy (non-hydrogen) atoms. The lowest BCUT2D eigenvalue weighted by molar-refractivity contribution is -0.122. The summed E-state index contributed by atoms with van der Waals surface area (Å²) >= 11 is 0. The molecule has 3 unspecified atom stereocenters. The molecule has 3 atom stereocenters. The number of piperidine rings is 1. The molecule has 0 saturated carbocycles. The minimum Gasteiger partial charge on any atom is -0.353 e. The van der Waals surface area contributed by atoms with Gasteiger partial charge in [0.2, 0.25) is 5.91 Å². The van der Waals surface area contributed by atoms with Crippen molar-refractivity contribution >= 4 is 11.9 Å². The SMILES string of the molecule is Cc1ccccc1C(CC(=O)NC1CC2CCC(C1)N2)NC(N)=O. The van der Waals surface area contributed by atoms with E-state index in [4.69, 9.17) is 5.73 Å². The van der Waals surface area contributed by atoms with E-state index in [1.165, 1.54) is 12.8 Å². The Morgan fingerprint density at radius 3 is 2.54 bits per heavy atom. The minimum atomic E-state index is -0.615. The Morgan fingerprint density at radius 2 is 1.92 bits per heavy atom. The van der Waals surface area contributed by atoms with Gasteiger partial charge in [0.25, 0.3) is 0 Å². The number of benzene rings is 1. The lowest BCUT2D eigenvalue weighted by atomic mass is 9.97. The number of nitrogens with two attached hydrogens (primary N) is 1. The molecule has 2 aliphatic heterocycles. The van der Waals surface area contributed by atoms with E-state index in [2.05, 4.69) is 16.0 Å². The Labute approximate surface area is 142 Å². The van der Waals surface area contributed by atoms with Gasteiger partial charge in [-0.15, -0.1) is 0 Å². The number of carbonyl (C=O) groups is 2. The van der Waals surface area contributed by atoms with E-state index < -0.39 is 12.1 Å². The van der Waals surface area contributed by atoms with Crippen molar-refractivity contribution in [1.29, 1.82) is 0 Å². The van der Waals surface area contributed by atoms with Crippen molar-refractivity contribution in [1.82, 2.24) is 16.0 Å². The van der Waals surface area contributed by atoms with Gasteiger partial charge in [-0.1, -0.05) is 24.3 Å². The molecule has 2 aliphatic rings. The monoisotopic (exact) mass is 330 g/mol. The molecule has 0 aliphatic carbocycles. The molecular weight excluding hydrogens is 304 g/mol. The van der Waals surface area contributed by atoms with Crippen molar-refractivity contribution in [3.63, 3.8) is 0 Å². The van der Waals surface area contributed by atoms with Crippen LogP contribution in [0.15, 0.2) is 24.3 Å². The van der Waals surface area contributed by atoms with Crippen molar-refractivity contribution in [3.8, 4) is 0 Å². The van der Waals surface area contributed by atoms with Gasteiger partial charge in [-0.25, -0.2) is 4.79 Å². The highest BCUT2D eigenvalue weighted by molar-refractivity contribution is 5.79. The fraction of sp³-hybridized carbons (Fsp3) is 0.556. The highest BCUT2D eigenvalue weighted by Gasteiger charge is 2.34. The Balaban J connectivity index is 1.63. The molecule has 1 aromatic carbocycles. The molecular formula is C18H26N4O2. The first-order valence-electron chi connectivity index (χ1n) is 8.68. The summed E-state index contributed by atoms with van der Waals surface area (Å²) in [5.74, 6) is -0.0386. The average molecular weight is 330 g/mol. The highest BCUT2D eigenvalue weighted by Crippen LogP contribution is 2.27. The summed E-state index contributed by atoms with van der Waals surface area (Å²) in [6.45, 7) is 1.97. The number of hydrogen-bond donors (Lipinski definition) is 4. The van der Waals surface area contributed by atoms with Crippen LogP contribution in [0.3, 0.4) is 0 Å². The molecule has 0 spiro atoms. The smallest absolute Gasteiger partial charge is 0.312 e. The van der Waals surface area contributed by atoms with Gasteiger partial charge >= 0.3 is 6.03 Å². The number of carbonyl (C=O) groups excluding carboxylic acids is 2. The third-order valence-corrected chi connectivity index (χ3v) is 5.11. The largest absolute Gasteiger partial charge is 0.353 e. The fourth-order valence-corrected chi connectivity index (χ4v) is 4.04. The van der Waals surface area contributed by atoms with Crippen molar-refractivity contribution in [3.05, 3.63) is 35.4 Å². The highest BCUT2D eigenvalue weighted by atomic mass is 16.2. The summed E-state index contributed by atoms with van der Waals surface area (Å²) in [4.78, 5) is 23.8. The van der Waals surface area contributed by atoms with Gasteiger partial charge in [-0.2, -0.15) is 0 Å². The van der Waals surface area contributed by atoms with E-state index in [1.54, 1.807) is 0 Å². The van der Waals surface area contributed by atoms with Crippen LogP contribution in [-0.2, 0) is 4.79 Å². The topological polar surface area (TPSA) is 96.2 Å². The van der Waals surface area contributed by atoms with E-state index in [9.17, 15) is 9.59 Å². The standard InChI is InChI=1S/C18H26N4O2/c1-11-4-2-3-5-15(11)16(22-18(19)24)10-17(23)21-14-8-12-6-7-13(9-14)20-12/h2-5,12-14,16,20H,6-10H2,1H3,(H,21,23)(H3,19,22,24). The van der Waals surface area contributed by atoms with Crippen LogP contribution >= 0.6 is 0 Å². The lowest BCUT2D eigenvalue weighted by Gasteiger charge is -2.30. The second-order valence-electron chi connectivity index (χ2n) is 7.00. The molecule has 1 aromatic rings. The number of aryl methyl sites for hydroxylation is 1. The van der Waals surface area contributed by atoms with Gasteiger partial charge in [0, 0.05) is 18.1 Å². The summed E-state index contributed by atoms with van der Waals surface area (Å²) in [7, 11) is 0. The van der Waals surface area contributed by atoms with E-state index in [-0.39, 0.29) is 18.4 Å². The van der Waals surface area contributed by atoms with Crippen LogP contribution in [-0.4, -0.2) is 30.1 Å². The Morgan fingerprint density at radius 1 is 1.25 bits per heavy atom. The van der Waals surface area contributed by atoms with Gasteiger partial charge in [-0.05, 0) is 43.7 Å². The van der Waals surface area contributed by atoms with Crippen LogP contribution in [0, 0.1) is 6.92 Å². The van der Waals surface area contributed by atoms with E-state index in [0.717, 1.165) is 24.0 Å². The number of fused-ring (bicyclic) bond motifs is 2. The van der Waals surface area contributed by atoms with Gasteiger partial charge < -0.3 is 21.7 Å². The molecule has 6 nitrogen and oxygen atoms in total. The molecule has 3 amide bonds. The third kappa shape index (κ3) is 4.06. The molecule has 0 radical (unpaired) electrons. The van der Waals surface area contributed by atoms with E-state index >= 15 is 0 Å². The van der Waals surface area contributed by atoms with Crippen molar-refractivity contribution < 1.29 is 9.59 Å². The van der Waals surface area contributed by atoms with Crippen LogP contribution in [0.2, 0.25) is 0 Å².